The van der Waals surface area contributed by atoms with E-state index in [1.54, 1.807) is 13.8 Å². The van der Waals surface area contributed by atoms with E-state index in [1.165, 1.54) is 10.6 Å². The number of primary sulfonamides is 1. The van der Waals surface area contributed by atoms with Gasteiger partial charge in [-0.3, -0.25) is 4.57 Å². The van der Waals surface area contributed by atoms with Crippen LogP contribution >= 0.6 is 0 Å². The van der Waals surface area contributed by atoms with Gasteiger partial charge >= 0.3 is 0 Å². The number of nitrogens with zero attached hydrogens (tertiary/aromatic N) is 3. The molecule has 6 nitrogen and oxygen atoms in total. The van der Waals surface area contributed by atoms with Gasteiger partial charge < -0.3 is 0 Å². The smallest absolute Gasteiger partial charge is 0.273 e. The number of sulfonamides is 1. The Morgan fingerprint density at radius 1 is 1.24 bits per heavy atom. The predicted octanol–water partition coefficient (Wildman–Crippen LogP) is 1.38. The normalized spacial score (nSPS) is 12.1. The van der Waals surface area contributed by atoms with Crippen LogP contribution in [-0.4, -0.2) is 23.2 Å². The number of halogens is 2. The monoisotopic (exact) mass is 316 g/mol. The molecule has 1 heterocycles. The molecular formula is C12H14F2N4O2S. The number of nitrogens with two attached hydrogens (primary N) is 1. The molecule has 21 heavy (non-hydrogen) atoms. The lowest BCUT2D eigenvalue weighted by molar-refractivity contribution is 0.502. The second-order valence-corrected chi connectivity index (χ2v) is 6.29. The summed E-state index contributed by atoms with van der Waals surface area (Å²) in [6.07, 6.45) is 0.109. The highest BCUT2D eigenvalue weighted by atomic mass is 32.2. The number of benzene rings is 1. The summed E-state index contributed by atoms with van der Waals surface area (Å²) >= 11 is 0. The molecule has 2 N–H and O–H groups in total. The minimum Gasteiger partial charge on any atom is -0.298 e. The van der Waals surface area contributed by atoms with E-state index < -0.39 is 21.7 Å². The van der Waals surface area contributed by atoms with Crippen LogP contribution in [-0.2, 0) is 16.4 Å². The zero-order chi connectivity index (χ0) is 15.8. The van der Waals surface area contributed by atoms with Crippen LogP contribution in [0.1, 0.15) is 31.3 Å². The molecule has 0 fully saturated rings. The summed E-state index contributed by atoms with van der Waals surface area (Å²) in [6.45, 7) is 3.49. The first-order valence-corrected chi connectivity index (χ1v) is 7.65. The Kier molecular flexibility index (Phi) is 4.06. The van der Waals surface area contributed by atoms with Crippen molar-refractivity contribution in [3.8, 4) is 0 Å². The Hall–Kier alpha value is -1.87. The van der Waals surface area contributed by atoms with Crippen LogP contribution < -0.4 is 5.14 Å². The molecule has 9 heteroatoms. The van der Waals surface area contributed by atoms with E-state index in [-0.39, 0.29) is 17.6 Å². The molecule has 0 saturated heterocycles. The summed E-state index contributed by atoms with van der Waals surface area (Å²) in [4.78, 5) is 0. The van der Waals surface area contributed by atoms with Gasteiger partial charge in [-0.1, -0.05) is 6.07 Å². The van der Waals surface area contributed by atoms with Gasteiger partial charge in [0.15, 0.2) is 11.6 Å². The molecule has 0 atom stereocenters. The lowest BCUT2D eigenvalue weighted by Gasteiger charge is -2.13. The fourth-order valence-electron chi connectivity index (χ4n) is 1.97. The Morgan fingerprint density at radius 2 is 1.90 bits per heavy atom. The number of hydrogen-bond donors (Lipinski definition) is 1. The molecule has 1 aromatic carbocycles. The first-order chi connectivity index (χ1) is 9.70. The third-order valence-corrected chi connectivity index (χ3v) is 3.64. The zero-order valence-corrected chi connectivity index (χ0v) is 12.2. The SMILES string of the molecule is CC(C)n1c(Cc2ccc(F)c(F)c2)nnc1S(N)(=O)=O. The van der Waals surface area contributed by atoms with Crippen LogP contribution in [0.5, 0.6) is 0 Å². The first kappa shape index (κ1) is 15.5. The van der Waals surface area contributed by atoms with Gasteiger partial charge in [-0.05, 0) is 31.5 Å². The van der Waals surface area contributed by atoms with E-state index in [9.17, 15) is 17.2 Å². The summed E-state index contributed by atoms with van der Waals surface area (Å²) in [5.41, 5.74) is 0.448. The summed E-state index contributed by atoms with van der Waals surface area (Å²) in [6, 6.07) is 3.18. The van der Waals surface area contributed by atoms with Crippen molar-refractivity contribution >= 4 is 10.0 Å². The number of aromatic nitrogens is 3. The lowest BCUT2D eigenvalue weighted by Crippen LogP contribution is -2.20. The molecule has 1 aromatic heterocycles. The van der Waals surface area contributed by atoms with Crippen LogP contribution in [0, 0.1) is 11.6 Å². The summed E-state index contributed by atoms with van der Waals surface area (Å²) in [7, 11) is -4.01. The maximum Gasteiger partial charge on any atom is 0.273 e. The van der Waals surface area contributed by atoms with Crippen molar-refractivity contribution in [2.45, 2.75) is 31.5 Å². The van der Waals surface area contributed by atoms with Crippen molar-refractivity contribution in [1.29, 1.82) is 0 Å². The van der Waals surface area contributed by atoms with E-state index in [2.05, 4.69) is 10.2 Å². The van der Waals surface area contributed by atoms with Crippen molar-refractivity contribution in [3.05, 3.63) is 41.2 Å². The largest absolute Gasteiger partial charge is 0.298 e. The molecule has 0 aliphatic heterocycles. The Bertz CT molecular complexity index is 772. The minimum absolute atomic E-state index is 0.109. The predicted molar refractivity (Wildman–Crippen MR) is 70.9 cm³/mol. The second-order valence-electron chi connectivity index (χ2n) is 4.83. The summed E-state index contributed by atoms with van der Waals surface area (Å²) in [5, 5.41) is 12.1. The van der Waals surface area contributed by atoms with Crippen LogP contribution in [0.4, 0.5) is 8.78 Å². The molecule has 0 aliphatic rings. The van der Waals surface area contributed by atoms with Gasteiger partial charge in [-0.25, -0.2) is 22.3 Å². The molecule has 0 amide bonds. The second kappa shape index (κ2) is 5.49. The fourth-order valence-corrected chi connectivity index (χ4v) is 2.72. The molecule has 114 valence electrons. The number of rotatable bonds is 4. The van der Waals surface area contributed by atoms with Gasteiger partial charge in [0.2, 0.25) is 0 Å². The van der Waals surface area contributed by atoms with Gasteiger partial charge in [0, 0.05) is 12.5 Å². The molecule has 0 aliphatic carbocycles. The number of hydrogen-bond acceptors (Lipinski definition) is 4. The van der Waals surface area contributed by atoms with Gasteiger partial charge in [0.1, 0.15) is 5.82 Å². The highest BCUT2D eigenvalue weighted by Gasteiger charge is 2.23. The summed E-state index contributed by atoms with van der Waals surface area (Å²) < 4.78 is 50.4. The highest BCUT2D eigenvalue weighted by molar-refractivity contribution is 7.89. The molecule has 0 radical (unpaired) electrons. The van der Waals surface area contributed by atoms with E-state index in [0.29, 0.717) is 11.4 Å². The lowest BCUT2D eigenvalue weighted by atomic mass is 10.1. The van der Waals surface area contributed by atoms with Gasteiger partial charge in [-0.15, -0.1) is 10.2 Å². The van der Waals surface area contributed by atoms with Crippen LogP contribution in [0.3, 0.4) is 0 Å². The van der Waals surface area contributed by atoms with Crippen LogP contribution in [0.15, 0.2) is 23.4 Å². The quantitative estimate of drug-likeness (QED) is 0.922. The average Bonchev–Trinajstić information content (AvgIpc) is 2.77. The minimum atomic E-state index is -4.01. The van der Waals surface area contributed by atoms with E-state index in [0.717, 1.165) is 12.1 Å². The van der Waals surface area contributed by atoms with Crippen molar-refractivity contribution in [2.75, 3.05) is 0 Å². The van der Waals surface area contributed by atoms with Crippen molar-refractivity contribution in [3.63, 3.8) is 0 Å². The molecule has 0 bridgehead atoms. The Labute approximate surface area is 120 Å². The maximum atomic E-state index is 13.2. The van der Waals surface area contributed by atoms with E-state index in [4.69, 9.17) is 5.14 Å². The van der Waals surface area contributed by atoms with Gasteiger partial charge in [0.25, 0.3) is 15.2 Å². The van der Waals surface area contributed by atoms with Crippen molar-refractivity contribution in [2.24, 2.45) is 5.14 Å². The van der Waals surface area contributed by atoms with Crippen molar-refractivity contribution in [1.82, 2.24) is 14.8 Å². The zero-order valence-electron chi connectivity index (χ0n) is 11.4. The molecule has 2 rings (SSSR count). The average molecular weight is 316 g/mol. The van der Waals surface area contributed by atoms with Crippen molar-refractivity contribution < 1.29 is 17.2 Å². The molecule has 0 unspecified atom stereocenters. The topological polar surface area (TPSA) is 90.9 Å². The molecule has 0 spiro atoms. The highest BCUT2D eigenvalue weighted by Crippen LogP contribution is 2.18. The fraction of sp³-hybridized carbons (Fsp3) is 0.333. The van der Waals surface area contributed by atoms with E-state index >= 15 is 0 Å². The third kappa shape index (κ3) is 3.24. The standard InChI is InChI=1S/C12H14F2N4O2S/c1-7(2)18-11(16-17-12(18)21(15,19)20)6-8-3-4-9(13)10(14)5-8/h3-5,7H,6H2,1-2H3,(H2,15,19,20). The Morgan fingerprint density at radius 3 is 2.43 bits per heavy atom. The maximum absolute atomic E-state index is 13.2. The first-order valence-electron chi connectivity index (χ1n) is 6.10. The van der Waals surface area contributed by atoms with Gasteiger partial charge in [-0.2, -0.15) is 0 Å². The Balaban J connectivity index is 2.45. The molecule has 0 saturated carbocycles. The van der Waals surface area contributed by atoms with Gasteiger partial charge in [0.05, 0.1) is 0 Å². The van der Waals surface area contributed by atoms with Crippen LogP contribution in [0.25, 0.3) is 0 Å². The van der Waals surface area contributed by atoms with E-state index in [1.807, 2.05) is 0 Å². The molecular weight excluding hydrogens is 302 g/mol. The van der Waals surface area contributed by atoms with Crippen LogP contribution in [0.2, 0.25) is 0 Å². The summed E-state index contributed by atoms with van der Waals surface area (Å²) in [5.74, 6) is -1.62. The molecule has 2 aromatic rings. The third-order valence-electron chi connectivity index (χ3n) is 2.85.